The second kappa shape index (κ2) is 8.70. The Kier molecular flexibility index (Phi) is 7.11. The number of ether oxygens (including phenoxy) is 1. The Hall–Kier alpha value is -1.35. The van der Waals surface area contributed by atoms with Gasteiger partial charge in [-0.2, -0.15) is 0 Å². The summed E-state index contributed by atoms with van der Waals surface area (Å²) in [4.78, 5) is 11.4. The van der Waals surface area contributed by atoms with E-state index in [0.29, 0.717) is 6.61 Å². The number of nitrogens with one attached hydrogen (secondary N) is 1. The van der Waals surface area contributed by atoms with E-state index in [0.717, 1.165) is 19.3 Å². The van der Waals surface area contributed by atoms with Crippen molar-refractivity contribution >= 4 is 5.97 Å². The molecule has 3 heteroatoms. The van der Waals surface area contributed by atoms with Crippen molar-refractivity contribution in [3.63, 3.8) is 0 Å². The lowest BCUT2D eigenvalue weighted by atomic mass is 10.0. The molecule has 0 fully saturated rings. The van der Waals surface area contributed by atoms with Crippen LogP contribution in [0.15, 0.2) is 30.3 Å². The Morgan fingerprint density at radius 1 is 1.28 bits per heavy atom. The molecule has 1 atom stereocenters. The molecular formula is C15H23NO2. The quantitative estimate of drug-likeness (QED) is 0.720. The third kappa shape index (κ3) is 5.32. The molecule has 0 saturated heterocycles. The molecular weight excluding hydrogens is 226 g/mol. The molecule has 0 aliphatic rings. The van der Waals surface area contributed by atoms with Crippen molar-refractivity contribution in [3.05, 3.63) is 35.9 Å². The van der Waals surface area contributed by atoms with Gasteiger partial charge >= 0.3 is 5.97 Å². The van der Waals surface area contributed by atoms with Crippen molar-refractivity contribution in [2.24, 2.45) is 0 Å². The first-order chi connectivity index (χ1) is 8.77. The predicted octanol–water partition coefficient (Wildman–Crippen LogP) is 3.07. The number of rotatable bonds is 8. The molecule has 100 valence electrons. The summed E-state index contributed by atoms with van der Waals surface area (Å²) in [6.45, 7) is 4.71. The van der Waals surface area contributed by atoms with Crippen molar-refractivity contribution in [2.75, 3.05) is 13.2 Å². The first kappa shape index (κ1) is 14.7. The maximum absolute atomic E-state index is 11.4. The van der Waals surface area contributed by atoms with Gasteiger partial charge in [-0.15, -0.1) is 0 Å². The van der Waals surface area contributed by atoms with Crippen LogP contribution in [0.2, 0.25) is 0 Å². The third-order valence-corrected chi connectivity index (χ3v) is 2.85. The van der Waals surface area contributed by atoms with Crippen molar-refractivity contribution in [3.8, 4) is 0 Å². The summed E-state index contributed by atoms with van der Waals surface area (Å²) >= 11 is 0. The van der Waals surface area contributed by atoms with E-state index in [1.54, 1.807) is 0 Å². The maximum Gasteiger partial charge on any atom is 0.319 e. The number of unbranched alkanes of at least 4 members (excludes halogenated alkanes) is 1. The molecule has 0 aliphatic carbocycles. The summed E-state index contributed by atoms with van der Waals surface area (Å²) in [5, 5.41) is 3.28. The van der Waals surface area contributed by atoms with E-state index in [1.807, 2.05) is 25.1 Å². The fraction of sp³-hybridized carbons (Fsp3) is 0.533. The van der Waals surface area contributed by atoms with Crippen LogP contribution in [-0.2, 0) is 9.53 Å². The van der Waals surface area contributed by atoms with Gasteiger partial charge in [0.05, 0.1) is 13.2 Å². The SMILES string of the molecule is CCCCC(NCC(=O)OCC)c1ccccc1. The van der Waals surface area contributed by atoms with E-state index >= 15 is 0 Å². The van der Waals surface area contributed by atoms with Crippen LogP contribution in [0.4, 0.5) is 0 Å². The predicted molar refractivity (Wildman–Crippen MR) is 73.3 cm³/mol. The topological polar surface area (TPSA) is 38.3 Å². The second-order valence-corrected chi connectivity index (χ2v) is 4.29. The highest BCUT2D eigenvalue weighted by Crippen LogP contribution is 2.18. The van der Waals surface area contributed by atoms with E-state index in [4.69, 9.17) is 4.74 Å². The first-order valence-corrected chi connectivity index (χ1v) is 6.71. The van der Waals surface area contributed by atoms with Crippen molar-refractivity contribution in [1.29, 1.82) is 0 Å². The monoisotopic (exact) mass is 249 g/mol. The van der Waals surface area contributed by atoms with E-state index < -0.39 is 0 Å². The molecule has 0 heterocycles. The summed E-state index contributed by atoms with van der Waals surface area (Å²) in [6, 6.07) is 10.5. The van der Waals surface area contributed by atoms with Gasteiger partial charge in [-0.1, -0.05) is 50.1 Å². The average molecular weight is 249 g/mol. The van der Waals surface area contributed by atoms with Crippen molar-refractivity contribution in [1.82, 2.24) is 5.32 Å². The van der Waals surface area contributed by atoms with Crippen molar-refractivity contribution in [2.45, 2.75) is 39.2 Å². The zero-order valence-corrected chi connectivity index (χ0v) is 11.3. The lowest BCUT2D eigenvalue weighted by molar-refractivity contribution is -0.142. The molecule has 1 N–H and O–H groups in total. The van der Waals surface area contributed by atoms with Crippen molar-refractivity contribution < 1.29 is 9.53 Å². The number of hydrogen-bond acceptors (Lipinski definition) is 3. The smallest absolute Gasteiger partial charge is 0.319 e. The molecule has 1 aromatic carbocycles. The van der Waals surface area contributed by atoms with Gasteiger partial charge < -0.3 is 10.1 Å². The van der Waals surface area contributed by atoms with Crippen LogP contribution in [-0.4, -0.2) is 19.1 Å². The van der Waals surface area contributed by atoms with Crippen LogP contribution in [0, 0.1) is 0 Å². The lowest BCUT2D eigenvalue weighted by Crippen LogP contribution is -2.29. The minimum Gasteiger partial charge on any atom is -0.465 e. The summed E-state index contributed by atoms with van der Waals surface area (Å²) in [5.74, 6) is -0.185. The van der Waals surface area contributed by atoms with Gasteiger partial charge in [-0.05, 0) is 18.9 Å². The summed E-state index contributed by atoms with van der Waals surface area (Å²) in [7, 11) is 0. The Balaban J connectivity index is 2.53. The number of esters is 1. The summed E-state index contributed by atoms with van der Waals surface area (Å²) < 4.78 is 4.93. The molecule has 0 amide bonds. The number of carbonyl (C=O) groups excluding carboxylic acids is 1. The summed E-state index contributed by atoms with van der Waals surface area (Å²) in [5.41, 5.74) is 1.23. The maximum atomic E-state index is 11.4. The zero-order valence-electron chi connectivity index (χ0n) is 11.3. The molecule has 3 nitrogen and oxygen atoms in total. The highest BCUT2D eigenvalue weighted by molar-refractivity contribution is 5.71. The van der Waals surface area contributed by atoms with Gasteiger partial charge in [0.2, 0.25) is 0 Å². The minimum absolute atomic E-state index is 0.185. The standard InChI is InChI=1S/C15H23NO2/c1-3-5-11-14(13-9-7-6-8-10-13)16-12-15(17)18-4-2/h6-10,14,16H,3-5,11-12H2,1-2H3. The van der Waals surface area contributed by atoms with Gasteiger partial charge in [0, 0.05) is 6.04 Å². The Labute approximate surface area is 110 Å². The highest BCUT2D eigenvalue weighted by atomic mass is 16.5. The molecule has 0 spiro atoms. The second-order valence-electron chi connectivity index (χ2n) is 4.29. The fourth-order valence-corrected chi connectivity index (χ4v) is 1.90. The Morgan fingerprint density at radius 2 is 2.00 bits per heavy atom. The molecule has 0 radical (unpaired) electrons. The van der Waals surface area contributed by atoms with Gasteiger partial charge in [0.25, 0.3) is 0 Å². The van der Waals surface area contributed by atoms with E-state index in [2.05, 4.69) is 24.4 Å². The molecule has 0 saturated carbocycles. The number of hydrogen-bond donors (Lipinski definition) is 1. The van der Waals surface area contributed by atoms with E-state index in [9.17, 15) is 4.79 Å². The van der Waals surface area contributed by atoms with E-state index in [1.165, 1.54) is 5.56 Å². The molecule has 0 aliphatic heterocycles. The van der Waals surface area contributed by atoms with Crippen LogP contribution >= 0.6 is 0 Å². The largest absolute Gasteiger partial charge is 0.465 e. The van der Waals surface area contributed by atoms with Gasteiger partial charge in [0.1, 0.15) is 0 Å². The van der Waals surface area contributed by atoms with Crippen LogP contribution < -0.4 is 5.32 Å². The zero-order chi connectivity index (χ0) is 13.2. The van der Waals surface area contributed by atoms with Crippen LogP contribution in [0.5, 0.6) is 0 Å². The molecule has 1 unspecified atom stereocenters. The van der Waals surface area contributed by atoms with Gasteiger partial charge in [-0.25, -0.2) is 0 Å². The third-order valence-electron chi connectivity index (χ3n) is 2.85. The van der Waals surface area contributed by atoms with Crippen LogP contribution in [0.1, 0.15) is 44.7 Å². The average Bonchev–Trinajstić information content (AvgIpc) is 2.40. The minimum atomic E-state index is -0.185. The fourth-order valence-electron chi connectivity index (χ4n) is 1.90. The summed E-state index contributed by atoms with van der Waals surface area (Å²) in [6.07, 6.45) is 3.35. The molecule has 18 heavy (non-hydrogen) atoms. The first-order valence-electron chi connectivity index (χ1n) is 6.71. The molecule has 0 aromatic heterocycles. The van der Waals surface area contributed by atoms with Gasteiger partial charge in [0.15, 0.2) is 0 Å². The van der Waals surface area contributed by atoms with Gasteiger partial charge in [-0.3, -0.25) is 4.79 Å². The number of benzene rings is 1. The Bertz CT molecular complexity index is 338. The lowest BCUT2D eigenvalue weighted by Gasteiger charge is -2.18. The molecule has 1 aromatic rings. The number of carbonyl (C=O) groups is 1. The van der Waals surface area contributed by atoms with Crippen LogP contribution in [0.25, 0.3) is 0 Å². The van der Waals surface area contributed by atoms with Crippen LogP contribution in [0.3, 0.4) is 0 Å². The van der Waals surface area contributed by atoms with E-state index in [-0.39, 0.29) is 18.6 Å². The molecule has 1 rings (SSSR count). The highest BCUT2D eigenvalue weighted by Gasteiger charge is 2.12. The molecule has 0 bridgehead atoms. The normalized spacial score (nSPS) is 12.1. The Morgan fingerprint density at radius 3 is 2.61 bits per heavy atom.